The van der Waals surface area contributed by atoms with Gasteiger partial charge in [-0.15, -0.1) is 5.10 Å². The van der Waals surface area contributed by atoms with Crippen LogP contribution in [-0.4, -0.2) is 39.1 Å². The first-order chi connectivity index (χ1) is 9.25. The number of hydrogen-bond donors (Lipinski definition) is 1. The van der Waals surface area contributed by atoms with E-state index in [1.165, 1.54) is 6.42 Å². The van der Waals surface area contributed by atoms with Gasteiger partial charge in [0.15, 0.2) is 0 Å². The number of rotatable bonds is 2. The van der Waals surface area contributed by atoms with Crippen molar-refractivity contribution in [2.45, 2.75) is 59.3 Å². The van der Waals surface area contributed by atoms with Crippen LogP contribution < -0.4 is 0 Å². The Labute approximate surface area is 121 Å². The lowest BCUT2D eigenvalue weighted by molar-refractivity contribution is 0.0589. The molecule has 1 saturated heterocycles. The van der Waals surface area contributed by atoms with Crippen LogP contribution in [0.5, 0.6) is 0 Å². The molecule has 1 fully saturated rings. The van der Waals surface area contributed by atoms with Crippen molar-refractivity contribution in [3.05, 3.63) is 11.6 Å². The SMILES string of the molecule is CCC1(C)CCN(C(=O)c2n[nH]c(C(C)(C)C)n2)CC1. The first-order valence-corrected chi connectivity index (χ1v) is 7.47. The van der Waals surface area contributed by atoms with Gasteiger partial charge in [-0.1, -0.05) is 41.0 Å². The Bertz CT molecular complexity index is 478. The highest BCUT2D eigenvalue weighted by atomic mass is 16.2. The van der Waals surface area contributed by atoms with Crippen molar-refractivity contribution in [3.63, 3.8) is 0 Å². The summed E-state index contributed by atoms with van der Waals surface area (Å²) in [5.74, 6) is 1.01. The summed E-state index contributed by atoms with van der Waals surface area (Å²) in [6.07, 6.45) is 3.29. The third kappa shape index (κ3) is 3.02. The first-order valence-electron chi connectivity index (χ1n) is 7.47. The van der Waals surface area contributed by atoms with Gasteiger partial charge in [-0.05, 0) is 18.3 Å². The summed E-state index contributed by atoms with van der Waals surface area (Å²) in [7, 11) is 0. The second kappa shape index (κ2) is 5.19. The van der Waals surface area contributed by atoms with Crippen molar-refractivity contribution in [3.8, 4) is 0 Å². The summed E-state index contributed by atoms with van der Waals surface area (Å²) in [6.45, 7) is 12.3. The molecule has 5 nitrogen and oxygen atoms in total. The minimum absolute atomic E-state index is 0.0464. The van der Waals surface area contributed by atoms with E-state index in [1.54, 1.807) is 0 Å². The molecule has 112 valence electrons. The van der Waals surface area contributed by atoms with Gasteiger partial charge < -0.3 is 4.90 Å². The Balaban J connectivity index is 2.04. The van der Waals surface area contributed by atoms with Crippen LogP contribution >= 0.6 is 0 Å². The van der Waals surface area contributed by atoms with Crippen LogP contribution in [0, 0.1) is 5.41 Å². The summed E-state index contributed by atoms with van der Waals surface area (Å²) >= 11 is 0. The van der Waals surface area contributed by atoms with Gasteiger partial charge >= 0.3 is 0 Å². The van der Waals surface area contributed by atoms with Gasteiger partial charge in [0.1, 0.15) is 5.82 Å². The van der Waals surface area contributed by atoms with Crippen molar-refractivity contribution >= 4 is 5.91 Å². The fraction of sp³-hybridized carbons (Fsp3) is 0.800. The van der Waals surface area contributed by atoms with Crippen LogP contribution in [-0.2, 0) is 5.41 Å². The zero-order chi connectivity index (χ0) is 15.0. The third-order valence-electron chi connectivity index (χ3n) is 4.50. The largest absolute Gasteiger partial charge is 0.336 e. The molecule has 2 rings (SSSR count). The lowest BCUT2D eigenvalue weighted by Gasteiger charge is -2.38. The average Bonchev–Trinajstić information content (AvgIpc) is 2.88. The fourth-order valence-electron chi connectivity index (χ4n) is 2.44. The number of likely N-dealkylation sites (tertiary alicyclic amines) is 1. The fourth-order valence-corrected chi connectivity index (χ4v) is 2.44. The molecule has 20 heavy (non-hydrogen) atoms. The minimum atomic E-state index is -0.117. The topological polar surface area (TPSA) is 61.9 Å². The Morgan fingerprint density at radius 1 is 1.35 bits per heavy atom. The van der Waals surface area contributed by atoms with Crippen molar-refractivity contribution in [1.82, 2.24) is 20.1 Å². The Kier molecular flexibility index (Phi) is 3.89. The Hall–Kier alpha value is -1.39. The number of amides is 1. The molecule has 1 N–H and O–H groups in total. The molecular weight excluding hydrogens is 252 g/mol. The van der Waals surface area contributed by atoms with Crippen LogP contribution in [0.4, 0.5) is 0 Å². The van der Waals surface area contributed by atoms with E-state index in [0.29, 0.717) is 11.2 Å². The number of piperidine rings is 1. The molecule has 2 heterocycles. The lowest BCUT2D eigenvalue weighted by Crippen LogP contribution is -2.42. The van der Waals surface area contributed by atoms with E-state index in [0.717, 1.165) is 31.8 Å². The third-order valence-corrected chi connectivity index (χ3v) is 4.50. The molecule has 0 saturated carbocycles. The minimum Gasteiger partial charge on any atom is -0.336 e. The summed E-state index contributed by atoms with van der Waals surface area (Å²) in [5.41, 5.74) is 0.264. The maximum atomic E-state index is 12.4. The monoisotopic (exact) mass is 278 g/mol. The maximum absolute atomic E-state index is 12.4. The smallest absolute Gasteiger partial charge is 0.293 e. The van der Waals surface area contributed by atoms with Crippen molar-refractivity contribution in [1.29, 1.82) is 0 Å². The summed E-state index contributed by atoms with van der Waals surface area (Å²) in [6, 6.07) is 0. The van der Waals surface area contributed by atoms with Crippen LogP contribution in [0.15, 0.2) is 0 Å². The number of nitrogens with zero attached hydrogens (tertiary/aromatic N) is 3. The highest BCUT2D eigenvalue weighted by molar-refractivity contribution is 5.90. The van der Waals surface area contributed by atoms with Crippen LogP contribution in [0.25, 0.3) is 0 Å². The normalized spacial score (nSPS) is 19.1. The van der Waals surface area contributed by atoms with Gasteiger partial charge in [-0.2, -0.15) is 0 Å². The van der Waals surface area contributed by atoms with Gasteiger partial charge in [-0.25, -0.2) is 4.98 Å². The Morgan fingerprint density at radius 3 is 2.40 bits per heavy atom. The molecule has 1 amide bonds. The first kappa shape index (κ1) is 15.0. The molecule has 0 spiro atoms. The number of carbonyl (C=O) groups excluding carboxylic acids is 1. The second-order valence-corrected chi connectivity index (χ2v) is 7.21. The van der Waals surface area contributed by atoms with Crippen molar-refractivity contribution < 1.29 is 4.79 Å². The molecule has 1 aromatic rings. The molecule has 0 atom stereocenters. The van der Waals surface area contributed by atoms with Gasteiger partial charge in [-0.3, -0.25) is 9.89 Å². The zero-order valence-electron chi connectivity index (χ0n) is 13.3. The lowest BCUT2D eigenvalue weighted by atomic mass is 9.78. The van der Waals surface area contributed by atoms with E-state index in [1.807, 2.05) is 4.90 Å². The number of carbonyl (C=O) groups is 1. The second-order valence-electron chi connectivity index (χ2n) is 7.21. The summed E-state index contributed by atoms with van der Waals surface area (Å²) < 4.78 is 0. The van der Waals surface area contributed by atoms with E-state index >= 15 is 0 Å². The number of nitrogens with one attached hydrogen (secondary N) is 1. The van der Waals surface area contributed by atoms with Crippen LogP contribution in [0.3, 0.4) is 0 Å². The maximum Gasteiger partial charge on any atom is 0.293 e. The van der Waals surface area contributed by atoms with Gasteiger partial charge in [0, 0.05) is 18.5 Å². The molecule has 1 aromatic heterocycles. The van der Waals surface area contributed by atoms with E-state index in [2.05, 4.69) is 49.8 Å². The quantitative estimate of drug-likeness (QED) is 0.904. The highest BCUT2D eigenvalue weighted by Crippen LogP contribution is 2.34. The van der Waals surface area contributed by atoms with Gasteiger partial charge in [0.2, 0.25) is 5.82 Å². The standard InChI is InChI=1S/C15H26N4O/c1-6-15(5)7-9-19(10-8-15)12(20)11-16-13(18-17-11)14(2,3)4/h6-10H2,1-5H3,(H,16,17,18). The number of aromatic nitrogens is 3. The van der Waals surface area contributed by atoms with Crippen molar-refractivity contribution in [2.75, 3.05) is 13.1 Å². The number of H-pyrrole nitrogens is 1. The molecule has 0 bridgehead atoms. The van der Waals surface area contributed by atoms with Gasteiger partial charge in [0.05, 0.1) is 0 Å². The molecule has 0 radical (unpaired) electrons. The van der Waals surface area contributed by atoms with E-state index < -0.39 is 0 Å². The van der Waals surface area contributed by atoms with E-state index in [-0.39, 0.29) is 11.3 Å². The summed E-state index contributed by atoms with van der Waals surface area (Å²) in [4.78, 5) is 18.7. The molecule has 5 heteroatoms. The van der Waals surface area contributed by atoms with Crippen molar-refractivity contribution in [2.24, 2.45) is 5.41 Å². The molecule has 0 aromatic carbocycles. The number of aromatic amines is 1. The predicted octanol–water partition coefficient (Wildman–Crippen LogP) is 2.75. The molecule has 0 aliphatic carbocycles. The predicted molar refractivity (Wildman–Crippen MR) is 78.6 cm³/mol. The molecular formula is C15H26N4O. The molecule has 1 aliphatic rings. The zero-order valence-corrected chi connectivity index (χ0v) is 13.3. The van der Waals surface area contributed by atoms with Crippen LogP contribution in [0.2, 0.25) is 0 Å². The Morgan fingerprint density at radius 2 is 1.95 bits per heavy atom. The number of hydrogen-bond acceptors (Lipinski definition) is 3. The van der Waals surface area contributed by atoms with E-state index in [9.17, 15) is 4.79 Å². The molecule has 0 unspecified atom stereocenters. The van der Waals surface area contributed by atoms with Crippen LogP contribution in [0.1, 0.15) is 70.3 Å². The van der Waals surface area contributed by atoms with E-state index in [4.69, 9.17) is 0 Å². The van der Waals surface area contributed by atoms with Gasteiger partial charge in [0.25, 0.3) is 5.91 Å². The summed E-state index contributed by atoms with van der Waals surface area (Å²) in [5, 5.41) is 6.97. The highest BCUT2D eigenvalue weighted by Gasteiger charge is 2.32. The molecule has 1 aliphatic heterocycles. The average molecular weight is 278 g/mol.